The molecular formula is C28H32ClN5O5S. The van der Waals surface area contributed by atoms with Gasteiger partial charge in [0, 0.05) is 29.6 Å². The van der Waals surface area contributed by atoms with Crippen molar-refractivity contribution in [2.75, 3.05) is 39.2 Å². The Morgan fingerprint density at radius 2 is 1.88 bits per heavy atom. The molecule has 4 rings (SSSR count). The largest absolute Gasteiger partial charge is 0.493 e. The van der Waals surface area contributed by atoms with Crippen LogP contribution in [0.15, 0.2) is 58.9 Å². The smallest absolute Gasteiger partial charge is 0.338 e. The van der Waals surface area contributed by atoms with Gasteiger partial charge in [-0.15, -0.1) is 5.10 Å². The van der Waals surface area contributed by atoms with Crippen molar-refractivity contribution in [2.45, 2.75) is 37.7 Å². The number of carbonyl (C=O) groups excluding carboxylic acids is 2. The van der Waals surface area contributed by atoms with Gasteiger partial charge < -0.3 is 24.4 Å². The zero-order valence-corrected chi connectivity index (χ0v) is 24.6. The van der Waals surface area contributed by atoms with Gasteiger partial charge in [0.1, 0.15) is 6.04 Å². The first-order valence-corrected chi connectivity index (χ1v) is 14.1. The number of aromatic nitrogens is 3. The Balaban J connectivity index is 1.66. The second-order valence-electron chi connectivity index (χ2n) is 8.87. The highest BCUT2D eigenvalue weighted by Crippen LogP contribution is 2.40. The van der Waals surface area contributed by atoms with Crippen molar-refractivity contribution in [2.24, 2.45) is 0 Å². The number of hydrogen-bond acceptors (Lipinski definition) is 9. The lowest BCUT2D eigenvalue weighted by atomic mass is 9.95. The number of methoxy groups -OCH3 is 2. The minimum Gasteiger partial charge on any atom is -0.493 e. The standard InChI is InChI=1S/C28H32ClN5O5S/c1-6-33(7-2)23(35)15-39-21-13-12-18(14-22(21)37-4)25-24(26(36)38-5)17(3)30-27-31-28(32-34(25)27)40-16-19-10-8-9-11-20(19)29/h8-14,25H,6-7,15-16H2,1-5H3,(H,30,31,32). The molecule has 10 nitrogen and oxygen atoms in total. The third-order valence-corrected chi connectivity index (χ3v) is 7.78. The van der Waals surface area contributed by atoms with E-state index in [9.17, 15) is 9.59 Å². The fourth-order valence-corrected chi connectivity index (χ4v) is 5.53. The summed E-state index contributed by atoms with van der Waals surface area (Å²) in [5.74, 6) is 1.29. The molecular weight excluding hydrogens is 554 g/mol. The van der Waals surface area contributed by atoms with Crippen molar-refractivity contribution < 1.29 is 23.8 Å². The van der Waals surface area contributed by atoms with Gasteiger partial charge in [-0.25, -0.2) is 9.48 Å². The van der Waals surface area contributed by atoms with Gasteiger partial charge in [-0.05, 0) is 50.1 Å². The summed E-state index contributed by atoms with van der Waals surface area (Å²) in [7, 11) is 2.86. The molecule has 1 atom stereocenters. The molecule has 0 saturated carbocycles. The Bertz CT molecular complexity index is 1420. The highest BCUT2D eigenvalue weighted by Gasteiger charge is 2.35. The van der Waals surface area contributed by atoms with E-state index in [2.05, 4.69) is 10.3 Å². The first-order chi connectivity index (χ1) is 19.3. The number of anilines is 1. The first kappa shape index (κ1) is 29.3. The molecule has 212 valence electrons. The zero-order chi connectivity index (χ0) is 28.8. The van der Waals surface area contributed by atoms with Crippen molar-refractivity contribution in [3.8, 4) is 11.5 Å². The molecule has 0 aliphatic carbocycles. The van der Waals surface area contributed by atoms with E-state index in [-0.39, 0.29) is 12.5 Å². The third kappa shape index (κ3) is 6.20. The molecule has 1 unspecified atom stereocenters. The predicted octanol–water partition coefficient (Wildman–Crippen LogP) is 4.94. The molecule has 1 N–H and O–H groups in total. The lowest BCUT2D eigenvalue weighted by Crippen LogP contribution is -2.34. The third-order valence-electron chi connectivity index (χ3n) is 6.52. The Kier molecular flexibility index (Phi) is 9.59. The number of fused-ring (bicyclic) bond motifs is 1. The van der Waals surface area contributed by atoms with E-state index in [0.29, 0.717) is 63.3 Å². The van der Waals surface area contributed by atoms with Gasteiger partial charge in [-0.2, -0.15) is 4.98 Å². The number of likely N-dealkylation sites (N-methyl/N-ethyl adjacent to an activating group) is 1. The molecule has 1 aromatic heterocycles. The van der Waals surface area contributed by atoms with Gasteiger partial charge >= 0.3 is 5.97 Å². The van der Waals surface area contributed by atoms with E-state index in [0.717, 1.165) is 5.56 Å². The number of nitrogens with one attached hydrogen (secondary N) is 1. The van der Waals surface area contributed by atoms with Crippen LogP contribution in [0.3, 0.4) is 0 Å². The molecule has 2 aromatic carbocycles. The molecule has 0 saturated heterocycles. The van der Waals surface area contributed by atoms with E-state index < -0.39 is 12.0 Å². The summed E-state index contributed by atoms with van der Waals surface area (Å²) in [5.41, 5.74) is 2.66. The van der Waals surface area contributed by atoms with Gasteiger partial charge in [0.25, 0.3) is 5.91 Å². The molecule has 2 heterocycles. The minimum atomic E-state index is -0.647. The normalized spacial score (nSPS) is 14.3. The van der Waals surface area contributed by atoms with Gasteiger partial charge in [0.05, 0.1) is 19.8 Å². The molecule has 0 bridgehead atoms. The summed E-state index contributed by atoms with van der Waals surface area (Å²) in [6, 6.07) is 12.3. The number of esters is 1. The van der Waals surface area contributed by atoms with Crippen LogP contribution in [-0.4, -0.2) is 65.5 Å². The van der Waals surface area contributed by atoms with Gasteiger partial charge in [0.15, 0.2) is 18.1 Å². The van der Waals surface area contributed by atoms with Crippen LogP contribution in [0.25, 0.3) is 0 Å². The fourth-order valence-electron chi connectivity index (χ4n) is 4.41. The maximum absolute atomic E-state index is 12.9. The van der Waals surface area contributed by atoms with Crippen LogP contribution >= 0.6 is 23.4 Å². The van der Waals surface area contributed by atoms with Crippen LogP contribution in [0.5, 0.6) is 11.5 Å². The summed E-state index contributed by atoms with van der Waals surface area (Å²) >= 11 is 7.76. The summed E-state index contributed by atoms with van der Waals surface area (Å²) in [4.78, 5) is 31.7. The number of hydrogen-bond donors (Lipinski definition) is 1. The van der Waals surface area contributed by atoms with Crippen LogP contribution in [0, 0.1) is 0 Å². The molecule has 1 amide bonds. The molecule has 0 radical (unpaired) electrons. The molecule has 12 heteroatoms. The van der Waals surface area contributed by atoms with Crippen molar-refractivity contribution >= 4 is 41.2 Å². The van der Waals surface area contributed by atoms with Crippen molar-refractivity contribution in [1.29, 1.82) is 0 Å². The lowest BCUT2D eigenvalue weighted by molar-refractivity contribution is -0.136. The Morgan fingerprint density at radius 1 is 1.12 bits per heavy atom. The summed E-state index contributed by atoms with van der Waals surface area (Å²) < 4.78 is 18.2. The number of amides is 1. The first-order valence-electron chi connectivity index (χ1n) is 12.8. The monoisotopic (exact) mass is 585 g/mol. The number of carbonyl (C=O) groups is 2. The van der Waals surface area contributed by atoms with Crippen LogP contribution in [0.2, 0.25) is 5.02 Å². The van der Waals surface area contributed by atoms with Crippen LogP contribution in [0.4, 0.5) is 5.95 Å². The summed E-state index contributed by atoms with van der Waals surface area (Å²) in [5, 5.41) is 9.11. The van der Waals surface area contributed by atoms with E-state index >= 15 is 0 Å². The number of nitrogens with zero attached hydrogens (tertiary/aromatic N) is 4. The summed E-state index contributed by atoms with van der Waals surface area (Å²) in [6.45, 7) is 6.72. The maximum atomic E-state index is 12.9. The van der Waals surface area contributed by atoms with E-state index in [1.807, 2.05) is 44.2 Å². The minimum absolute atomic E-state index is 0.115. The van der Waals surface area contributed by atoms with Crippen LogP contribution in [-0.2, 0) is 20.1 Å². The second kappa shape index (κ2) is 13.1. The van der Waals surface area contributed by atoms with Gasteiger partial charge in [-0.3, -0.25) is 4.79 Å². The molecule has 3 aromatic rings. The Morgan fingerprint density at radius 3 is 2.55 bits per heavy atom. The highest BCUT2D eigenvalue weighted by atomic mass is 35.5. The second-order valence-corrected chi connectivity index (χ2v) is 10.2. The van der Waals surface area contributed by atoms with Gasteiger partial charge in [-0.1, -0.05) is 47.6 Å². The van der Waals surface area contributed by atoms with Crippen molar-refractivity contribution in [3.63, 3.8) is 0 Å². The number of allylic oxidation sites excluding steroid dienone is 1. The number of thioether (sulfide) groups is 1. The fraction of sp³-hybridized carbons (Fsp3) is 0.357. The average Bonchev–Trinajstić information content (AvgIpc) is 3.37. The molecule has 1 aliphatic heterocycles. The number of halogens is 1. The number of benzene rings is 2. The lowest BCUT2D eigenvalue weighted by Gasteiger charge is -2.28. The predicted molar refractivity (Wildman–Crippen MR) is 154 cm³/mol. The SMILES string of the molecule is CCN(CC)C(=O)COc1ccc(C2C(C(=O)OC)=C(C)Nc3nc(SCc4ccccc4Cl)nn32)cc1OC. The molecule has 40 heavy (non-hydrogen) atoms. The maximum Gasteiger partial charge on any atom is 0.338 e. The van der Waals surface area contributed by atoms with E-state index in [4.69, 9.17) is 30.9 Å². The molecule has 0 spiro atoms. The zero-order valence-electron chi connectivity index (χ0n) is 23.1. The van der Waals surface area contributed by atoms with Crippen LogP contribution in [0.1, 0.15) is 37.9 Å². The Labute approximate surface area is 242 Å². The van der Waals surface area contributed by atoms with E-state index in [1.165, 1.54) is 26.0 Å². The van der Waals surface area contributed by atoms with Crippen molar-refractivity contribution in [1.82, 2.24) is 19.7 Å². The van der Waals surface area contributed by atoms with E-state index in [1.54, 1.807) is 28.6 Å². The molecule has 0 fully saturated rings. The average molecular weight is 586 g/mol. The van der Waals surface area contributed by atoms with Gasteiger partial charge in [0.2, 0.25) is 11.1 Å². The molecule has 1 aliphatic rings. The highest BCUT2D eigenvalue weighted by molar-refractivity contribution is 7.98. The van der Waals surface area contributed by atoms with Crippen molar-refractivity contribution in [3.05, 3.63) is 69.9 Å². The topological polar surface area (TPSA) is 108 Å². The quantitative estimate of drug-likeness (QED) is 0.247. The number of ether oxygens (including phenoxy) is 3. The van der Waals surface area contributed by atoms with Crippen LogP contribution < -0.4 is 14.8 Å². The number of rotatable bonds is 11. The summed E-state index contributed by atoms with van der Waals surface area (Å²) in [6.07, 6.45) is 0. The Hall–Kier alpha value is -3.70.